The van der Waals surface area contributed by atoms with Gasteiger partial charge in [0.15, 0.2) is 0 Å². The number of fused-ring (bicyclic) bond motifs is 1. The van der Waals surface area contributed by atoms with Crippen LogP contribution in [0.1, 0.15) is 28.8 Å². The Hall–Kier alpha value is -3.28. The van der Waals surface area contributed by atoms with Gasteiger partial charge in [-0.15, -0.1) is 0 Å². The number of carbonyl (C=O) groups excluding carboxylic acids is 1. The van der Waals surface area contributed by atoms with Gasteiger partial charge in [0.25, 0.3) is 5.91 Å². The SMILES string of the molecule is COc1ccc2c(N3CCC(C#N)(c4ccccc4)CC3)c(C(=O)N3CCN(SC)CC3)cnc2c1. The van der Waals surface area contributed by atoms with Crippen molar-refractivity contribution in [2.24, 2.45) is 0 Å². The van der Waals surface area contributed by atoms with Gasteiger partial charge >= 0.3 is 0 Å². The molecule has 2 aliphatic heterocycles. The molecular formula is C28H31N5O2S. The minimum absolute atomic E-state index is 0.0242. The van der Waals surface area contributed by atoms with Gasteiger partial charge in [-0.25, -0.2) is 4.31 Å². The van der Waals surface area contributed by atoms with E-state index in [0.717, 1.165) is 41.0 Å². The minimum Gasteiger partial charge on any atom is -0.497 e. The highest BCUT2D eigenvalue weighted by atomic mass is 32.2. The second-order valence-electron chi connectivity index (χ2n) is 9.35. The summed E-state index contributed by atoms with van der Waals surface area (Å²) >= 11 is 1.72. The van der Waals surface area contributed by atoms with Crippen molar-refractivity contribution in [2.45, 2.75) is 18.3 Å². The molecule has 1 amide bonds. The smallest absolute Gasteiger partial charge is 0.257 e. The molecule has 0 radical (unpaired) electrons. The van der Waals surface area contributed by atoms with Gasteiger partial charge in [0.2, 0.25) is 0 Å². The lowest BCUT2D eigenvalue weighted by Crippen LogP contribution is -2.47. The maximum Gasteiger partial charge on any atom is 0.257 e. The first-order valence-corrected chi connectivity index (χ1v) is 13.5. The van der Waals surface area contributed by atoms with Crippen molar-refractivity contribution in [3.8, 4) is 11.8 Å². The molecule has 0 aliphatic carbocycles. The van der Waals surface area contributed by atoms with Gasteiger partial charge in [-0.2, -0.15) is 5.26 Å². The number of rotatable bonds is 5. The Kier molecular flexibility index (Phi) is 7.04. The Morgan fingerprint density at radius 1 is 1.06 bits per heavy atom. The number of benzene rings is 2. The number of hydrogen-bond acceptors (Lipinski definition) is 7. The Balaban J connectivity index is 1.50. The number of nitriles is 1. The van der Waals surface area contributed by atoms with E-state index in [1.54, 1.807) is 25.3 Å². The van der Waals surface area contributed by atoms with Crippen molar-refractivity contribution in [2.75, 3.05) is 57.5 Å². The maximum atomic E-state index is 13.8. The molecule has 7 nitrogen and oxygen atoms in total. The average molecular weight is 502 g/mol. The first kappa shape index (κ1) is 24.4. The lowest BCUT2D eigenvalue weighted by molar-refractivity contribution is 0.0704. The zero-order valence-electron chi connectivity index (χ0n) is 20.8. The van der Waals surface area contributed by atoms with Gasteiger partial charge in [0.1, 0.15) is 5.75 Å². The standard InChI is InChI=1S/C28H31N5O2S/c1-35-22-8-9-23-25(18-22)30-19-24(27(34)32-14-16-33(36-2)17-15-32)26(23)31-12-10-28(20-29,11-13-31)21-6-4-3-5-7-21/h3-9,18-19H,10-17H2,1-2H3. The van der Waals surface area contributed by atoms with Crippen LogP contribution in [-0.4, -0.2) is 72.7 Å². The van der Waals surface area contributed by atoms with E-state index in [9.17, 15) is 10.1 Å². The van der Waals surface area contributed by atoms with Gasteiger partial charge in [-0.05, 0) is 36.8 Å². The number of aromatic nitrogens is 1. The van der Waals surface area contributed by atoms with Crippen LogP contribution in [0.25, 0.3) is 10.9 Å². The van der Waals surface area contributed by atoms with Crippen LogP contribution in [0.4, 0.5) is 5.69 Å². The average Bonchev–Trinajstić information content (AvgIpc) is 2.96. The highest BCUT2D eigenvalue weighted by Crippen LogP contribution is 2.40. The third kappa shape index (κ3) is 4.49. The van der Waals surface area contributed by atoms with Crippen molar-refractivity contribution < 1.29 is 9.53 Å². The number of amides is 1. The molecule has 36 heavy (non-hydrogen) atoms. The largest absolute Gasteiger partial charge is 0.497 e. The van der Waals surface area contributed by atoms with Crippen molar-refractivity contribution in [3.63, 3.8) is 0 Å². The number of piperazine rings is 1. The van der Waals surface area contributed by atoms with E-state index < -0.39 is 5.41 Å². The van der Waals surface area contributed by atoms with Gasteiger partial charge in [0.05, 0.1) is 35.4 Å². The zero-order chi connectivity index (χ0) is 25.1. The molecule has 0 spiro atoms. The number of ether oxygens (including phenoxy) is 1. The van der Waals surface area contributed by atoms with E-state index >= 15 is 0 Å². The van der Waals surface area contributed by atoms with Crippen molar-refractivity contribution >= 4 is 34.4 Å². The van der Waals surface area contributed by atoms with Crippen LogP contribution in [-0.2, 0) is 5.41 Å². The number of nitrogens with zero attached hydrogens (tertiary/aromatic N) is 5. The minimum atomic E-state index is -0.512. The van der Waals surface area contributed by atoms with Crippen LogP contribution in [0, 0.1) is 11.3 Å². The summed E-state index contributed by atoms with van der Waals surface area (Å²) in [6.07, 6.45) is 5.20. The summed E-state index contributed by atoms with van der Waals surface area (Å²) in [7, 11) is 1.64. The summed E-state index contributed by atoms with van der Waals surface area (Å²) < 4.78 is 7.70. The second kappa shape index (κ2) is 10.4. The molecule has 2 aromatic carbocycles. The Morgan fingerprint density at radius 2 is 1.78 bits per heavy atom. The van der Waals surface area contributed by atoms with E-state index in [-0.39, 0.29) is 5.91 Å². The fourth-order valence-corrected chi connectivity index (χ4v) is 5.89. The van der Waals surface area contributed by atoms with E-state index in [0.29, 0.717) is 44.6 Å². The number of methoxy groups -OCH3 is 1. The van der Waals surface area contributed by atoms with E-state index in [1.807, 2.05) is 41.3 Å². The van der Waals surface area contributed by atoms with Gasteiger partial charge in [-0.1, -0.05) is 42.3 Å². The molecule has 2 aliphatic rings. The summed E-state index contributed by atoms with van der Waals surface area (Å²) in [5.74, 6) is 0.760. The quantitative estimate of drug-likeness (QED) is 0.482. The Morgan fingerprint density at radius 3 is 2.42 bits per heavy atom. The second-order valence-corrected chi connectivity index (χ2v) is 10.2. The predicted octanol–water partition coefficient (Wildman–Crippen LogP) is 4.34. The number of hydrogen-bond donors (Lipinski definition) is 0. The molecule has 2 saturated heterocycles. The van der Waals surface area contributed by atoms with Crippen LogP contribution in [0.15, 0.2) is 54.7 Å². The molecule has 8 heteroatoms. The van der Waals surface area contributed by atoms with Crippen LogP contribution < -0.4 is 9.64 Å². The van der Waals surface area contributed by atoms with Crippen LogP contribution in [0.3, 0.4) is 0 Å². The summed E-state index contributed by atoms with van der Waals surface area (Å²) in [6, 6.07) is 18.5. The number of pyridine rings is 1. The molecule has 2 fully saturated rings. The van der Waals surface area contributed by atoms with E-state index in [2.05, 4.69) is 38.6 Å². The summed E-state index contributed by atoms with van der Waals surface area (Å²) in [6.45, 7) is 4.48. The molecule has 0 unspecified atom stereocenters. The molecule has 0 N–H and O–H groups in total. The van der Waals surface area contributed by atoms with E-state index in [4.69, 9.17) is 4.74 Å². The molecule has 186 valence electrons. The highest BCUT2D eigenvalue weighted by molar-refractivity contribution is 7.96. The molecule has 3 aromatic rings. The summed E-state index contributed by atoms with van der Waals surface area (Å²) in [5, 5.41) is 11.1. The van der Waals surface area contributed by atoms with Gasteiger partial charge < -0.3 is 14.5 Å². The normalized spacial score (nSPS) is 18.1. The van der Waals surface area contributed by atoms with Crippen LogP contribution in [0.5, 0.6) is 5.75 Å². The van der Waals surface area contributed by atoms with Gasteiger partial charge in [-0.3, -0.25) is 9.78 Å². The van der Waals surface area contributed by atoms with E-state index in [1.165, 1.54) is 0 Å². The molecule has 1 aromatic heterocycles. The monoisotopic (exact) mass is 501 g/mol. The fourth-order valence-electron chi connectivity index (χ4n) is 5.36. The third-order valence-corrected chi connectivity index (χ3v) is 8.42. The molecule has 0 bridgehead atoms. The predicted molar refractivity (Wildman–Crippen MR) is 144 cm³/mol. The summed E-state index contributed by atoms with van der Waals surface area (Å²) in [4.78, 5) is 22.7. The first-order valence-electron chi connectivity index (χ1n) is 12.4. The zero-order valence-corrected chi connectivity index (χ0v) is 21.6. The number of carbonyl (C=O) groups is 1. The molecule has 5 rings (SSSR count). The lowest BCUT2D eigenvalue weighted by atomic mass is 9.74. The van der Waals surface area contributed by atoms with Crippen molar-refractivity contribution in [3.05, 3.63) is 65.9 Å². The lowest BCUT2D eigenvalue weighted by Gasteiger charge is -2.40. The highest BCUT2D eigenvalue weighted by Gasteiger charge is 2.38. The molecular weight excluding hydrogens is 470 g/mol. The fraction of sp³-hybridized carbons (Fsp3) is 0.393. The summed E-state index contributed by atoms with van der Waals surface area (Å²) in [5.41, 5.74) is 2.91. The maximum absolute atomic E-state index is 13.8. The molecule has 0 saturated carbocycles. The van der Waals surface area contributed by atoms with Crippen molar-refractivity contribution in [1.29, 1.82) is 5.26 Å². The van der Waals surface area contributed by atoms with Crippen LogP contribution in [0.2, 0.25) is 0 Å². The topological polar surface area (TPSA) is 72.7 Å². The first-order chi connectivity index (χ1) is 17.6. The third-order valence-electron chi connectivity index (χ3n) is 7.54. The Labute approximate surface area is 216 Å². The van der Waals surface area contributed by atoms with Crippen LogP contribution >= 0.6 is 11.9 Å². The van der Waals surface area contributed by atoms with Crippen molar-refractivity contribution in [1.82, 2.24) is 14.2 Å². The number of anilines is 1. The molecule has 3 heterocycles. The molecule has 0 atom stereocenters. The van der Waals surface area contributed by atoms with Gasteiger partial charge in [0, 0.05) is 56.9 Å². The number of piperidine rings is 1. The Bertz CT molecular complexity index is 1280.